The van der Waals surface area contributed by atoms with Crippen LogP contribution in [-0.4, -0.2) is 47.8 Å². The normalized spacial score (nSPS) is 14.5. The van der Waals surface area contributed by atoms with Crippen LogP contribution in [0.3, 0.4) is 0 Å². The van der Waals surface area contributed by atoms with Gasteiger partial charge in [-0.1, -0.05) is 29.8 Å². The number of nitrogens with zero attached hydrogens (tertiary/aromatic N) is 2. The Morgan fingerprint density at radius 1 is 1.07 bits per heavy atom. The summed E-state index contributed by atoms with van der Waals surface area (Å²) in [5.41, 5.74) is 15.0. The molecule has 0 bridgehead atoms. The van der Waals surface area contributed by atoms with Crippen LogP contribution in [0.4, 0.5) is 11.4 Å². The summed E-state index contributed by atoms with van der Waals surface area (Å²) in [6.45, 7) is 3.69. The van der Waals surface area contributed by atoms with Gasteiger partial charge in [0.25, 0.3) is 0 Å². The van der Waals surface area contributed by atoms with Gasteiger partial charge in [0.2, 0.25) is 11.8 Å². The van der Waals surface area contributed by atoms with Crippen molar-refractivity contribution < 1.29 is 9.59 Å². The summed E-state index contributed by atoms with van der Waals surface area (Å²) in [6, 6.07) is 11.8. The zero-order valence-corrected chi connectivity index (χ0v) is 16.4. The third-order valence-electron chi connectivity index (χ3n) is 4.80. The minimum absolute atomic E-state index is 0.0326. The van der Waals surface area contributed by atoms with Gasteiger partial charge < -0.3 is 21.3 Å². The molecule has 4 N–H and O–H groups in total. The zero-order chi connectivity index (χ0) is 20.3. The monoisotopic (exact) mass is 397 g/mol. The van der Waals surface area contributed by atoms with E-state index in [9.17, 15) is 9.59 Å². The highest BCUT2D eigenvalue weighted by Crippen LogP contribution is 2.34. The van der Waals surface area contributed by atoms with Gasteiger partial charge in [-0.15, -0.1) is 0 Å². The van der Waals surface area contributed by atoms with Crippen molar-refractivity contribution in [3.63, 3.8) is 0 Å². The highest BCUT2D eigenvalue weighted by atomic mass is 35.5. The molecule has 0 spiro atoms. The number of carbonyl (C=O) groups excluding carboxylic acids is 2. The fourth-order valence-corrected chi connectivity index (χ4v) is 3.44. The molecule has 1 radical (unpaired) electrons. The molecular weight excluding hydrogens is 376 g/mol. The Hall–Kier alpha value is -2.99. The van der Waals surface area contributed by atoms with E-state index in [1.807, 2.05) is 12.1 Å². The molecule has 2 amide bonds. The third-order valence-corrected chi connectivity index (χ3v) is 5.10. The Bertz CT molecular complexity index is 934. The van der Waals surface area contributed by atoms with Crippen molar-refractivity contribution in [3.8, 4) is 11.1 Å². The number of hydrogen-bond acceptors (Lipinski definition) is 4. The summed E-state index contributed by atoms with van der Waals surface area (Å²) in [5, 5.41) is 0.439. The Morgan fingerprint density at radius 2 is 1.75 bits per heavy atom. The minimum Gasteiger partial charge on any atom is -0.397 e. The molecule has 0 saturated carbocycles. The molecule has 1 aliphatic rings. The van der Waals surface area contributed by atoms with Crippen LogP contribution in [0.5, 0.6) is 0 Å². The average molecular weight is 398 g/mol. The molecular formula is C21H22ClN4O2. The van der Waals surface area contributed by atoms with Gasteiger partial charge in [0.05, 0.1) is 16.4 Å². The molecule has 2 aromatic carbocycles. The van der Waals surface area contributed by atoms with Gasteiger partial charge in [-0.25, -0.2) is 0 Å². The van der Waals surface area contributed by atoms with E-state index in [-0.39, 0.29) is 11.8 Å². The summed E-state index contributed by atoms with van der Waals surface area (Å²) >= 11 is 6.37. The number of nitrogen functional groups attached to an aromatic ring is 2. The fourth-order valence-electron chi connectivity index (χ4n) is 3.16. The van der Waals surface area contributed by atoms with Crippen molar-refractivity contribution in [1.82, 2.24) is 9.80 Å². The fraction of sp³-hybridized carbons (Fsp3) is 0.238. The maximum Gasteiger partial charge on any atom is 0.246 e. The summed E-state index contributed by atoms with van der Waals surface area (Å²) in [6.07, 6.45) is 3.26. The predicted octanol–water partition coefficient (Wildman–Crippen LogP) is 2.68. The number of rotatable bonds is 3. The van der Waals surface area contributed by atoms with Crippen LogP contribution in [0.15, 0.2) is 36.4 Å². The van der Waals surface area contributed by atoms with E-state index in [4.69, 9.17) is 23.1 Å². The molecule has 0 aliphatic carbocycles. The number of anilines is 2. The molecule has 1 aliphatic heterocycles. The number of benzene rings is 2. The second-order valence-electron chi connectivity index (χ2n) is 6.63. The second-order valence-corrected chi connectivity index (χ2v) is 7.01. The van der Waals surface area contributed by atoms with Crippen molar-refractivity contribution in [1.29, 1.82) is 0 Å². The van der Waals surface area contributed by atoms with Gasteiger partial charge in [-0.2, -0.15) is 0 Å². The van der Waals surface area contributed by atoms with E-state index in [1.54, 1.807) is 41.0 Å². The van der Waals surface area contributed by atoms with Gasteiger partial charge in [-0.05, 0) is 29.3 Å². The highest BCUT2D eigenvalue weighted by molar-refractivity contribution is 6.33. The lowest BCUT2D eigenvalue weighted by molar-refractivity contribution is -0.135. The van der Waals surface area contributed by atoms with Crippen molar-refractivity contribution in [2.24, 2.45) is 0 Å². The lowest BCUT2D eigenvalue weighted by atomic mass is 9.98. The molecule has 0 atom stereocenters. The van der Waals surface area contributed by atoms with Crippen LogP contribution in [0.25, 0.3) is 17.2 Å². The van der Waals surface area contributed by atoms with Crippen LogP contribution >= 0.6 is 11.6 Å². The standard InChI is InChI=1S/C21H22ClN4O2/c1-14(27)25-9-11-26(12-10-25)20(28)8-6-15-3-2-4-17(22)21(15)16-5-7-18(23)19(24)13-16/h2-3,5-8,13H,9-12,23-24H2,1H3/b8-6+. The SMILES string of the molecule is CC(=O)N1CCN(C(=O)/C=C/c2cc[c]c(Cl)c2-c2ccc(N)c(N)c2)CC1. The second kappa shape index (κ2) is 8.35. The summed E-state index contributed by atoms with van der Waals surface area (Å²) in [7, 11) is 0. The van der Waals surface area contributed by atoms with Gasteiger partial charge in [0, 0.05) is 50.8 Å². The minimum atomic E-state index is -0.102. The molecule has 7 heteroatoms. The number of nitrogens with two attached hydrogens (primary N) is 2. The Kier molecular flexibility index (Phi) is 5.90. The summed E-state index contributed by atoms with van der Waals surface area (Å²) < 4.78 is 0. The van der Waals surface area contributed by atoms with E-state index in [1.165, 1.54) is 6.08 Å². The molecule has 1 saturated heterocycles. The lowest BCUT2D eigenvalue weighted by Gasteiger charge is -2.33. The quantitative estimate of drug-likeness (QED) is 0.615. The van der Waals surface area contributed by atoms with Crippen molar-refractivity contribution >= 4 is 40.9 Å². The van der Waals surface area contributed by atoms with Crippen LogP contribution in [0.1, 0.15) is 12.5 Å². The number of piperazine rings is 1. The number of amides is 2. The van der Waals surface area contributed by atoms with E-state index in [2.05, 4.69) is 6.07 Å². The number of carbonyl (C=O) groups is 2. The summed E-state index contributed by atoms with van der Waals surface area (Å²) in [4.78, 5) is 27.4. The maximum absolute atomic E-state index is 12.5. The van der Waals surface area contributed by atoms with Crippen LogP contribution < -0.4 is 11.5 Å². The Labute approximate surface area is 169 Å². The van der Waals surface area contributed by atoms with Crippen LogP contribution in [0.2, 0.25) is 5.02 Å². The van der Waals surface area contributed by atoms with Crippen molar-refractivity contribution in [2.45, 2.75) is 6.92 Å². The highest BCUT2D eigenvalue weighted by Gasteiger charge is 2.21. The molecule has 145 valence electrons. The van der Waals surface area contributed by atoms with E-state index in [0.717, 1.165) is 16.7 Å². The first-order chi connectivity index (χ1) is 13.4. The van der Waals surface area contributed by atoms with Gasteiger partial charge in [0.1, 0.15) is 0 Å². The van der Waals surface area contributed by atoms with E-state index >= 15 is 0 Å². The van der Waals surface area contributed by atoms with Gasteiger partial charge in [-0.3, -0.25) is 9.59 Å². The predicted molar refractivity (Wildman–Crippen MR) is 112 cm³/mol. The van der Waals surface area contributed by atoms with Crippen LogP contribution in [0, 0.1) is 6.07 Å². The lowest BCUT2D eigenvalue weighted by Crippen LogP contribution is -2.49. The molecule has 6 nitrogen and oxygen atoms in total. The van der Waals surface area contributed by atoms with Crippen LogP contribution in [-0.2, 0) is 9.59 Å². The Morgan fingerprint density at radius 3 is 2.39 bits per heavy atom. The first-order valence-electron chi connectivity index (χ1n) is 8.95. The number of hydrogen-bond donors (Lipinski definition) is 2. The number of halogens is 1. The topological polar surface area (TPSA) is 92.7 Å². The molecule has 28 heavy (non-hydrogen) atoms. The molecule has 1 heterocycles. The largest absolute Gasteiger partial charge is 0.397 e. The summed E-state index contributed by atoms with van der Waals surface area (Å²) in [5.74, 6) is -0.0693. The van der Waals surface area contributed by atoms with E-state index < -0.39 is 0 Å². The third kappa shape index (κ3) is 4.28. The van der Waals surface area contributed by atoms with Gasteiger partial charge >= 0.3 is 0 Å². The Balaban J connectivity index is 1.81. The van der Waals surface area contributed by atoms with Crippen molar-refractivity contribution in [3.05, 3.63) is 53.1 Å². The molecule has 2 aromatic rings. The average Bonchev–Trinajstić information content (AvgIpc) is 2.68. The molecule has 1 fully saturated rings. The first-order valence-corrected chi connectivity index (χ1v) is 9.32. The molecule has 0 aromatic heterocycles. The first kappa shape index (κ1) is 19.8. The van der Waals surface area contributed by atoms with E-state index in [0.29, 0.717) is 42.6 Å². The van der Waals surface area contributed by atoms with Gasteiger partial charge in [0.15, 0.2) is 0 Å². The van der Waals surface area contributed by atoms with Crippen molar-refractivity contribution in [2.75, 3.05) is 37.6 Å². The smallest absolute Gasteiger partial charge is 0.246 e. The molecule has 0 unspecified atom stereocenters. The molecule has 3 rings (SSSR count). The zero-order valence-electron chi connectivity index (χ0n) is 15.6. The maximum atomic E-state index is 12.5.